The summed E-state index contributed by atoms with van der Waals surface area (Å²) in [7, 11) is 1.86. The van der Waals surface area contributed by atoms with Gasteiger partial charge in [-0.05, 0) is 30.2 Å². The van der Waals surface area contributed by atoms with E-state index in [2.05, 4.69) is 10.4 Å². The molecule has 0 aliphatic heterocycles. The predicted molar refractivity (Wildman–Crippen MR) is 76.5 cm³/mol. The molecule has 0 spiro atoms. The van der Waals surface area contributed by atoms with E-state index in [9.17, 15) is 9.90 Å². The number of hydrogen-bond acceptors (Lipinski definition) is 4. The van der Waals surface area contributed by atoms with E-state index < -0.39 is 0 Å². The van der Waals surface area contributed by atoms with Crippen molar-refractivity contribution in [1.82, 2.24) is 15.1 Å². The fraction of sp³-hybridized carbons (Fsp3) is 0.429. The molecule has 2 aromatic heterocycles. The Morgan fingerprint density at radius 1 is 1.60 bits per heavy atom. The van der Waals surface area contributed by atoms with Crippen molar-refractivity contribution in [2.45, 2.75) is 25.0 Å². The Bertz CT molecular complexity index is 587. The number of amides is 1. The minimum atomic E-state index is -0.239. The Kier molecular flexibility index (Phi) is 3.58. The number of carbonyl (C=O) groups excluding carboxylic acids is 1. The number of nitrogens with zero attached hydrogens (tertiary/aromatic N) is 2. The molecule has 1 amide bonds. The van der Waals surface area contributed by atoms with E-state index in [1.165, 1.54) is 11.3 Å². The first-order valence-electron chi connectivity index (χ1n) is 6.63. The standard InChI is InChI=1S/C14H17N3O2S/c1-17-7-11(6-15-17)13(10-4-12(18)5-10)16-14(19)9-2-3-20-8-9/h2-3,6-8,10,12-13,18H,4-5H2,1H3,(H,16,19)/t10?,12?,13-/m0/s1. The minimum absolute atomic E-state index is 0.0681. The molecule has 20 heavy (non-hydrogen) atoms. The largest absolute Gasteiger partial charge is 0.393 e. The monoisotopic (exact) mass is 291 g/mol. The maximum atomic E-state index is 12.2. The molecule has 1 atom stereocenters. The first kappa shape index (κ1) is 13.3. The second kappa shape index (κ2) is 5.38. The molecule has 0 bridgehead atoms. The highest BCUT2D eigenvalue weighted by molar-refractivity contribution is 7.08. The van der Waals surface area contributed by atoms with Gasteiger partial charge in [0.15, 0.2) is 0 Å². The van der Waals surface area contributed by atoms with Crippen LogP contribution >= 0.6 is 11.3 Å². The third-order valence-corrected chi connectivity index (χ3v) is 4.46. The van der Waals surface area contributed by atoms with Gasteiger partial charge in [0.2, 0.25) is 0 Å². The van der Waals surface area contributed by atoms with Crippen LogP contribution in [0.4, 0.5) is 0 Å². The molecule has 0 saturated heterocycles. The first-order valence-corrected chi connectivity index (χ1v) is 7.57. The van der Waals surface area contributed by atoms with Crippen LogP contribution in [0, 0.1) is 5.92 Å². The van der Waals surface area contributed by atoms with Gasteiger partial charge in [-0.2, -0.15) is 16.4 Å². The number of aliphatic hydroxyl groups excluding tert-OH is 1. The molecule has 5 nitrogen and oxygen atoms in total. The highest BCUT2D eigenvalue weighted by atomic mass is 32.1. The maximum absolute atomic E-state index is 12.2. The van der Waals surface area contributed by atoms with Crippen LogP contribution in [0.15, 0.2) is 29.2 Å². The molecule has 1 fully saturated rings. The summed E-state index contributed by atoms with van der Waals surface area (Å²) in [6.45, 7) is 0. The number of aliphatic hydroxyl groups is 1. The Labute approximate surface area is 121 Å². The van der Waals surface area contributed by atoms with Crippen molar-refractivity contribution >= 4 is 17.2 Å². The molecular formula is C14H17N3O2S. The van der Waals surface area contributed by atoms with Crippen LogP contribution in [0.2, 0.25) is 0 Å². The van der Waals surface area contributed by atoms with Crippen LogP contribution in [-0.2, 0) is 7.05 Å². The highest BCUT2D eigenvalue weighted by Crippen LogP contribution is 2.38. The van der Waals surface area contributed by atoms with Gasteiger partial charge < -0.3 is 10.4 Å². The smallest absolute Gasteiger partial charge is 0.252 e. The maximum Gasteiger partial charge on any atom is 0.252 e. The normalized spacial score (nSPS) is 23.1. The molecule has 1 saturated carbocycles. The van der Waals surface area contributed by atoms with Gasteiger partial charge in [0.25, 0.3) is 5.91 Å². The number of rotatable bonds is 4. The number of carbonyl (C=O) groups is 1. The summed E-state index contributed by atoms with van der Waals surface area (Å²) in [6.07, 6.45) is 4.91. The number of hydrogen-bond donors (Lipinski definition) is 2. The van der Waals surface area contributed by atoms with Crippen molar-refractivity contribution in [3.05, 3.63) is 40.3 Å². The number of nitrogens with one attached hydrogen (secondary N) is 1. The summed E-state index contributed by atoms with van der Waals surface area (Å²) in [5.41, 5.74) is 1.68. The minimum Gasteiger partial charge on any atom is -0.393 e. The van der Waals surface area contributed by atoms with Gasteiger partial charge in [0.1, 0.15) is 0 Å². The lowest BCUT2D eigenvalue weighted by molar-refractivity contribution is 0.0235. The third kappa shape index (κ3) is 2.62. The lowest BCUT2D eigenvalue weighted by atomic mass is 9.75. The van der Waals surface area contributed by atoms with E-state index in [0.29, 0.717) is 5.56 Å². The fourth-order valence-electron chi connectivity index (χ4n) is 2.59. The lowest BCUT2D eigenvalue weighted by Gasteiger charge is -2.37. The third-order valence-electron chi connectivity index (χ3n) is 3.77. The van der Waals surface area contributed by atoms with E-state index in [-0.39, 0.29) is 24.0 Å². The zero-order valence-electron chi connectivity index (χ0n) is 11.2. The summed E-state index contributed by atoms with van der Waals surface area (Å²) >= 11 is 1.51. The molecule has 2 aromatic rings. The quantitative estimate of drug-likeness (QED) is 0.901. The SMILES string of the molecule is Cn1cc([C@@H](NC(=O)c2ccsc2)C2CC(O)C2)cn1. The first-order chi connectivity index (χ1) is 9.63. The van der Waals surface area contributed by atoms with E-state index in [1.54, 1.807) is 10.9 Å². The van der Waals surface area contributed by atoms with Gasteiger partial charge in [-0.3, -0.25) is 9.48 Å². The van der Waals surface area contributed by atoms with Crippen LogP contribution in [0.25, 0.3) is 0 Å². The van der Waals surface area contributed by atoms with Crippen molar-refractivity contribution in [3.8, 4) is 0 Å². The summed E-state index contributed by atoms with van der Waals surface area (Å²) < 4.78 is 1.73. The van der Waals surface area contributed by atoms with Crippen molar-refractivity contribution in [2.24, 2.45) is 13.0 Å². The van der Waals surface area contributed by atoms with Gasteiger partial charge in [-0.15, -0.1) is 0 Å². The van der Waals surface area contributed by atoms with Crippen molar-refractivity contribution < 1.29 is 9.90 Å². The van der Waals surface area contributed by atoms with Gasteiger partial charge in [0, 0.05) is 24.2 Å². The number of aromatic nitrogens is 2. The topological polar surface area (TPSA) is 67.2 Å². The van der Waals surface area contributed by atoms with Crippen LogP contribution in [0.1, 0.15) is 34.8 Å². The Morgan fingerprint density at radius 3 is 2.95 bits per heavy atom. The molecular weight excluding hydrogens is 274 g/mol. The molecule has 6 heteroatoms. The zero-order valence-corrected chi connectivity index (χ0v) is 12.0. The molecule has 1 aliphatic rings. The number of thiophene rings is 1. The van der Waals surface area contributed by atoms with Gasteiger partial charge in [0.05, 0.1) is 23.9 Å². The zero-order chi connectivity index (χ0) is 14.1. The molecule has 3 rings (SSSR count). The van der Waals surface area contributed by atoms with Gasteiger partial charge >= 0.3 is 0 Å². The molecule has 0 radical (unpaired) electrons. The highest BCUT2D eigenvalue weighted by Gasteiger charge is 2.36. The average Bonchev–Trinajstić information content (AvgIpc) is 3.03. The van der Waals surface area contributed by atoms with E-state index in [0.717, 1.165) is 18.4 Å². The van der Waals surface area contributed by atoms with E-state index >= 15 is 0 Å². The lowest BCUT2D eigenvalue weighted by Crippen LogP contribution is -2.41. The molecule has 2 N–H and O–H groups in total. The molecule has 0 aromatic carbocycles. The van der Waals surface area contributed by atoms with Gasteiger partial charge in [-0.25, -0.2) is 0 Å². The van der Waals surface area contributed by atoms with E-state index in [4.69, 9.17) is 0 Å². The fourth-order valence-corrected chi connectivity index (χ4v) is 3.23. The average molecular weight is 291 g/mol. The van der Waals surface area contributed by atoms with E-state index in [1.807, 2.05) is 30.1 Å². The van der Waals surface area contributed by atoms with Crippen molar-refractivity contribution in [3.63, 3.8) is 0 Å². The predicted octanol–water partition coefficient (Wildman–Crippen LogP) is 1.72. The van der Waals surface area contributed by atoms with Crippen LogP contribution in [-0.4, -0.2) is 26.9 Å². The second-order valence-electron chi connectivity index (χ2n) is 5.30. The Morgan fingerprint density at radius 2 is 2.40 bits per heavy atom. The molecule has 0 unspecified atom stereocenters. The van der Waals surface area contributed by atoms with Crippen molar-refractivity contribution in [1.29, 1.82) is 0 Å². The van der Waals surface area contributed by atoms with Crippen LogP contribution in [0.3, 0.4) is 0 Å². The Hall–Kier alpha value is -1.66. The van der Waals surface area contributed by atoms with Crippen LogP contribution in [0.5, 0.6) is 0 Å². The molecule has 106 valence electrons. The molecule has 2 heterocycles. The summed E-state index contributed by atoms with van der Waals surface area (Å²) in [4.78, 5) is 12.2. The Balaban J connectivity index is 1.77. The second-order valence-corrected chi connectivity index (χ2v) is 6.08. The van der Waals surface area contributed by atoms with Crippen molar-refractivity contribution in [2.75, 3.05) is 0 Å². The summed E-state index contributed by atoms with van der Waals surface area (Å²) in [5.74, 6) is 0.207. The molecule has 1 aliphatic carbocycles. The number of aryl methyl sites for hydroxylation is 1. The summed E-state index contributed by atoms with van der Waals surface area (Å²) in [5, 5.41) is 20.5. The van der Waals surface area contributed by atoms with Crippen LogP contribution < -0.4 is 5.32 Å². The van der Waals surface area contributed by atoms with Gasteiger partial charge in [-0.1, -0.05) is 0 Å². The summed E-state index contributed by atoms with van der Waals surface area (Å²) in [6, 6.07) is 1.73.